The van der Waals surface area contributed by atoms with Crippen LogP contribution < -0.4 is 9.64 Å². The second kappa shape index (κ2) is 6.68. The molecule has 0 unspecified atom stereocenters. The van der Waals surface area contributed by atoms with Crippen molar-refractivity contribution in [3.63, 3.8) is 0 Å². The van der Waals surface area contributed by atoms with Gasteiger partial charge in [-0.2, -0.15) is 0 Å². The summed E-state index contributed by atoms with van der Waals surface area (Å²) >= 11 is 0. The summed E-state index contributed by atoms with van der Waals surface area (Å²) in [6.07, 6.45) is 0.253. The van der Waals surface area contributed by atoms with Crippen LogP contribution in [0.15, 0.2) is 24.3 Å². The largest absolute Gasteiger partial charge is 0.495 e. The molecule has 2 heterocycles. The standard InChI is InChI=1S/C17H23N3O3/c1-3-18-8-10-19(11-9-18)14-12-16(21)20(17(14)22)13-6-4-5-7-15(13)23-2/h4-7,14H,3,8-12H2,1-2H3/t14-/m0/s1. The number of hydrogen-bond donors (Lipinski definition) is 0. The van der Waals surface area contributed by atoms with Crippen molar-refractivity contribution in [3.05, 3.63) is 24.3 Å². The summed E-state index contributed by atoms with van der Waals surface area (Å²) in [5, 5.41) is 0. The first-order chi connectivity index (χ1) is 11.2. The van der Waals surface area contributed by atoms with Gasteiger partial charge in [0, 0.05) is 26.2 Å². The van der Waals surface area contributed by atoms with E-state index < -0.39 is 0 Å². The summed E-state index contributed by atoms with van der Waals surface area (Å²) in [6.45, 7) is 6.73. The van der Waals surface area contributed by atoms with Crippen LogP contribution in [-0.4, -0.2) is 67.5 Å². The van der Waals surface area contributed by atoms with E-state index in [1.54, 1.807) is 19.2 Å². The lowest BCUT2D eigenvalue weighted by molar-refractivity contribution is -0.123. The fourth-order valence-electron chi connectivity index (χ4n) is 3.36. The van der Waals surface area contributed by atoms with E-state index in [-0.39, 0.29) is 24.3 Å². The second-order valence-corrected chi connectivity index (χ2v) is 5.93. The van der Waals surface area contributed by atoms with Gasteiger partial charge in [0.15, 0.2) is 0 Å². The molecular weight excluding hydrogens is 294 g/mol. The highest BCUT2D eigenvalue weighted by Crippen LogP contribution is 2.33. The lowest BCUT2D eigenvalue weighted by Crippen LogP contribution is -2.52. The second-order valence-electron chi connectivity index (χ2n) is 5.93. The normalized spacial score (nSPS) is 23.6. The number of amides is 2. The molecule has 0 aromatic heterocycles. The molecule has 0 N–H and O–H groups in total. The fraction of sp³-hybridized carbons (Fsp3) is 0.529. The van der Waals surface area contributed by atoms with Gasteiger partial charge in [0.2, 0.25) is 5.91 Å². The van der Waals surface area contributed by atoms with E-state index in [1.165, 1.54) is 4.90 Å². The number of piperazine rings is 1. The maximum absolute atomic E-state index is 12.8. The molecule has 2 aliphatic heterocycles. The van der Waals surface area contributed by atoms with Crippen molar-refractivity contribution in [1.82, 2.24) is 9.80 Å². The molecule has 6 heteroatoms. The van der Waals surface area contributed by atoms with Crippen LogP contribution >= 0.6 is 0 Å². The molecule has 6 nitrogen and oxygen atoms in total. The van der Waals surface area contributed by atoms with Gasteiger partial charge in [-0.05, 0) is 18.7 Å². The highest BCUT2D eigenvalue weighted by atomic mass is 16.5. The molecule has 1 aromatic rings. The van der Waals surface area contributed by atoms with Crippen LogP contribution in [0.5, 0.6) is 5.75 Å². The molecule has 0 radical (unpaired) electrons. The number of para-hydroxylation sites is 2. The Hall–Kier alpha value is -1.92. The van der Waals surface area contributed by atoms with Crippen molar-refractivity contribution in [1.29, 1.82) is 0 Å². The highest BCUT2D eigenvalue weighted by Gasteiger charge is 2.44. The van der Waals surface area contributed by atoms with Crippen LogP contribution in [0, 0.1) is 0 Å². The molecule has 0 spiro atoms. The van der Waals surface area contributed by atoms with Gasteiger partial charge in [0.25, 0.3) is 5.91 Å². The number of benzene rings is 1. The van der Waals surface area contributed by atoms with Crippen LogP contribution in [0.2, 0.25) is 0 Å². The molecule has 0 bridgehead atoms. The van der Waals surface area contributed by atoms with Crippen molar-refractivity contribution in [2.24, 2.45) is 0 Å². The minimum Gasteiger partial charge on any atom is -0.495 e. The van der Waals surface area contributed by atoms with Gasteiger partial charge in [-0.15, -0.1) is 0 Å². The number of methoxy groups -OCH3 is 1. The Morgan fingerprint density at radius 2 is 1.83 bits per heavy atom. The third-order valence-electron chi connectivity index (χ3n) is 4.74. The molecule has 2 aliphatic rings. The average Bonchev–Trinajstić information content (AvgIpc) is 2.89. The van der Waals surface area contributed by atoms with Crippen LogP contribution in [-0.2, 0) is 9.59 Å². The molecule has 124 valence electrons. The van der Waals surface area contributed by atoms with E-state index >= 15 is 0 Å². The molecular formula is C17H23N3O3. The summed E-state index contributed by atoms with van der Waals surface area (Å²) in [5.41, 5.74) is 0.541. The molecule has 23 heavy (non-hydrogen) atoms. The van der Waals surface area contributed by atoms with Gasteiger partial charge in [0.1, 0.15) is 5.75 Å². The predicted molar refractivity (Wildman–Crippen MR) is 87.6 cm³/mol. The topological polar surface area (TPSA) is 53.1 Å². The fourth-order valence-corrected chi connectivity index (χ4v) is 3.36. The van der Waals surface area contributed by atoms with E-state index in [2.05, 4.69) is 16.7 Å². The zero-order chi connectivity index (χ0) is 16.4. The SMILES string of the molecule is CCN1CCN([C@H]2CC(=O)N(c3ccccc3OC)C2=O)CC1. The van der Waals surface area contributed by atoms with Gasteiger partial charge in [-0.25, -0.2) is 4.90 Å². The van der Waals surface area contributed by atoms with Gasteiger partial charge in [0.05, 0.1) is 25.3 Å². The molecule has 0 aliphatic carbocycles. The summed E-state index contributed by atoms with van der Waals surface area (Å²) in [7, 11) is 1.55. The van der Waals surface area contributed by atoms with Crippen molar-refractivity contribution < 1.29 is 14.3 Å². The molecule has 3 rings (SSSR count). The van der Waals surface area contributed by atoms with Gasteiger partial charge < -0.3 is 9.64 Å². The molecule has 0 saturated carbocycles. The zero-order valence-corrected chi connectivity index (χ0v) is 13.7. The number of hydrogen-bond acceptors (Lipinski definition) is 5. The van der Waals surface area contributed by atoms with Crippen LogP contribution in [0.25, 0.3) is 0 Å². The Kier molecular flexibility index (Phi) is 4.63. The molecule has 1 aromatic carbocycles. The first kappa shape index (κ1) is 16.0. The number of carbonyl (C=O) groups excluding carboxylic acids is 2. The number of ether oxygens (including phenoxy) is 1. The predicted octanol–water partition coefficient (Wildman–Crippen LogP) is 0.965. The lowest BCUT2D eigenvalue weighted by atomic mass is 10.1. The Balaban J connectivity index is 1.78. The Morgan fingerprint density at radius 1 is 1.13 bits per heavy atom. The first-order valence-electron chi connectivity index (χ1n) is 8.12. The van der Waals surface area contributed by atoms with E-state index in [0.717, 1.165) is 32.7 Å². The molecule has 2 amide bonds. The van der Waals surface area contributed by atoms with Gasteiger partial charge >= 0.3 is 0 Å². The van der Waals surface area contributed by atoms with E-state index in [0.29, 0.717) is 11.4 Å². The van der Waals surface area contributed by atoms with Gasteiger partial charge in [-0.1, -0.05) is 19.1 Å². The van der Waals surface area contributed by atoms with Crippen molar-refractivity contribution in [2.75, 3.05) is 44.7 Å². The van der Waals surface area contributed by atoms with Crippen molar-refractivity contribution in [3.8, 4) is 5.75 Å². The zero-order valence-electron chi connectivity index (χ0n) is 13.7. The number of likely N-dealkylation sites (N-methyl/N-ethyl adjacent to an activating group) is 1. The smallest absolute Gasteiger partial charge is 0.251 e. The Labute approximate surface area is 136 Å². The van der Waals surface area contributed by atoms with Gasteiger partial charge in [-0.3, -0.25) is 14.5 Å². The minimum absolute atomic E-state index is 0.135. The van der Waals surface area contributed by atoms with Crippen LogP contribution in [0.4, 0.5) is 5.69 Å². The molecule has 1 atom stereocenters. The summed E-state index contributed by atoms with van der Waals surface area (Å²) in [4.78, 5) is 31.1. The number of rotatable bonds is 4. The highest BCUT2D eigenvalue weighted by molar-refractivity contribution is 6.23. The molecule has 2 fully saturated rings. The minimum atomic E-state index is -0.341. The third-order valence-corrected chi connectivity index (χ3v) is 4.74. The number of anilines is 1. The molecule has 2 saturated heterocycles. The maximum Gasteiger partial charge on any atom is 0.251 e. The third kappa shape index (κ3) is 2.96. The Bertz CT molecular complexity index is 597. The summed E-state index contributed by atoms with van der Waals surface area (Å²) in [6, 6.07) is 6.82. The lowest BCUT2D eigenvalue weighted by Gasteiger charge is -2.36. The first-order valence-corrected chi connectivity index (χ1v) is 8.12. The quantitative estimate of drug-likeness (QED) is 0.775. The van der Waals surface area contributed by atoms with Crippen LogP contribution in [0.3, 0.4) is 0 Å². The monoisotopic (exact) mass is 317 g/mol. The number of imide groups is 1. The maximum atomic E-state index is 12.8. The number of carbonyl (C=O) groups is 2. The summed E-state index contributed by atoms with van der Waals surface area (Å²) < 4.78 is 5.30. The average molecular weight is 317 g/mol. The number of nitrogens with zero attached hydrogens (tertiary/aromatic N) is 3. The summed E-state index contributed by atoms with van der Waals surface area (Å²) in [5.74, 6) is 0.262. The van der Waals surface area contributed by atoms with Crippen LogP contribution in [0.1, 0.15) is 13.3 Å². The van der Waals surface area contributed by atoms with Crippen molar-refractivity contribution in [2.45, 2.75) is 19.4 Å². The van der Waals surface area contributed by atoms with E-state index in [1.807, 2.05) is 12.1 Å². The Morgan fingerprint density at radius 3 is 2.48 bits per heavy atom. The van der Waals surface area contributed by atoms with E-state index in [9.17, 15) is 9.59 Å². The van der Waals surface area contributed by atoms with E-state index in [4.69, 9.17) is 4.74 Å². The van der Waals surface area contributed by atoms with Crippen molar-refractivity contribution >= 4 is 17.5 Å².